The molecule has 1 aliphatic rings. The zero-order valence-electron chi connectivity index (χ0n) is 11.8. The molecule has 0 bridgehead atoms. The van der Waals surface area contributed by atoms with Crippen LogP contribution in [0, 0.1) is 0 Å². The Balaban J connectivity index is 1.66. The van der Waals surface area contributed by atoms with Crippen molar-refractivity contribution in [3.05, 3.63) is 41.6 Å². The molecule has 21 heavy (non-hydrogen) atoms. The Hall–Kier alpha value is -1.65. The van der Waals surface area contributed by atoms with Crippen molar-refractivity contribution in [3.63, 3.8) is 0 Å². The van der Waals surface area contributed by atoms with E-state index in [1.807, 2.05) is 30.3 Å². The van der Waals surface area contributed by atoms with E-state index in [1.54, 1.807) is 6.07 Å². The standard InChI is InChI=1S/C16H18ClN3O/c17-14-11-15(18-9-8-13-7-4-10-21-13)20-16(19-14)12-5-2-1-3-6-12/h1-3,5-6,11,13H,4,7-10H2,(H,18,19,20). The number of rotatable bonds is 5. The zero-order valence-corrected chi connectivity index (χ0v) is 12.5. The summed E-state index contributed by atoms with van der Waals surface area (Å²) in [5, 5.41) is 3.75. The first kappa shape index (κ1) is 14.3. The lowest BCUT2D eigenvalue weighted by Gasteiger charge is -2.11. The van der Waals surface area contributed by atoms with Gasteiger partial charge in [0.2, 0.25) is 0 Å². The van der Waals surface area contributed by atoms with Gasteiger partial charge in [0, 0.05) is 24.8 Å². The number of hydrogen-bond donors (Lipinski definition) is 1. The van der Waals surface area contributed by atoms with Crippen LogP contribution in [0.3, 0.4) is 0 Å². The fraction of sp³-hybridized carbons (Fsp3) is 0.375. The van der Waals surface area contributed by atoms with E-state index < -0.39 is 0 Å². The maximum Gasteiger partial charge on any atom is 0.163 e. The molecule has 1 aromatic carbocycles. The fourth-order valence-corrected chi connectivity index (χ4v) is 2.64. The summed E-state index contributed by atoms with van der Waals surface area (Å²) >= 11 is 6.09. The average Bonchev–Trinajstić information content (AvgIpc) is 3.01. The van der Waals surface area contributed by atoms with Crippen LogP contribution in [0.25, 0.3) is 11.4 Å². The van der Waals surface area contributed by atoms with Crippen molar-refractivity contribution in [3.8, 4) is 11.4 Å². The summed E-state index contributed by atoms with van der Waals surface area (Å²) in [5.74, 6) is 1.40. The summed E-state index contributed by atoms with van der Waals surface area (Å²) < 4.78 is 5.61. The summed E-state index contributed by atoms with van der Waals surface area (Å²) in [7, 11) is 0. The van der Waals surface area contributed by atoms with Gasteiger partial charge in [0.15, 0.2) is 5.82 Å². The summed E-state index contributed by atoms with van der Waals surface area (Å²) in [5.41, 5.74) is 0.960. The topological polar surface area (TPSA) is 47.0 Å². The van der Waals surface area contributed by atoms with Crippen LogP contribution in [0.4, 0.5) is 5.82 Å². The molecule has 1 saturated heterocycles. The molecule has 2 heterocycles. The Labute approximate surface area is 129 Å². The van der Waals surface area contributed by atoms with E-state index in [-0.39, 0.29) is 0 Å². The zero-order chi connectivity index (χ0) is 14.5. The first-order valence-electron chi connectivity index (χ1n) is 7.27. The molecule has 1 atom stereocenters. The minimum atomic E-state index is 0.378. The number of ether oxygens (including phenoxy) is 1. The lowest BCUT2D eigenvalue weighted by Crippen LogP contribution is -2.13. The van der Waals surface area contributed by atoms with Gasteiger partial charge < -0.3 is 10.1 Å². The molecule has 0 radical (unpaired) electrons. The third-order valence-electron chi connectivity index (χ3n) is 3.52. The molecular weight excluding hydrogens is 286 g/mol. The van der Waals surface area contributed by atoms with E-state index in [1.165, 1.54) is 6.42 Å². The first-order valence-corrected chi connectivity index (χ1v) is 7.64. The molecule has 110 valence electrons. The highest BCUT2D eigenvalue weighted by atomic mass is 35.5. The summed E-state index contributed by atoms with van der Waals surface area (Å²) in [6.45, 7) is 1.72. The maximum absolute atomic E-state index is 6.09. The molecule has 5 heteroatoms. The van der Waals surface area contributed by atoms with Gasteiger partial charge in [0.1, 0.15) is 11.0 Å². The molecule has 0 spiro atoms. The molecule has 1 N–H and O–H groups in total. The predicted molar refractivity (Wildman–Crippen MR) is 84.6 cm³/mol. The van der Waals surface area contributed by atoms with Gasteiger partial charge in [0.05, 0.1) is 6.10 Å². The number of benzene rings is 1. The number of halogens is 1. The van der Waals surface area contributed by atoms with Gasteiger partial charge in [-0.05, 0) is 19.3 Å². The SMILES string of the molecule is Clc1cc(NCCC2CCCO2)nc(-c2ccccc2)n1. The Morgan fingerprint density at radius 1 is 1.24 bits per heavy atom. The van der Waals surface area contributed by atoms with Crippen LogP contribution >= 0.6 is 11.6 Å². The van der Waals surface area contributed by atoms with Crippen molar-refractivity contribution in [2.24, 2.45) is 0 Å². The third kappa shape index (κ3) is 3.93. The van der Waals surface area contributed by atoms with E-state index in [2.05, 4.69) is 15.3 Å². The highest BCUT2D eigenvalue weighted by Gasteiger charge is 2.14. The second-order valence-electron chi connectivity index (χ2n) is 5.12. The Bertz CT molecular complexity index is 585. The lowest BCUT2D eigenvalue weighted by atomic mass is 10.2. The number of nitrogens with zero attached hydrogens (tertiary/aromatic N) is 2. The monoisotopic (exact) mass is 303 g/mol. The van der Waals surface area contributed by atoms with Crippen molar-refractivity contribution in [2.75, 3.05) is 18.5 Å². The van der Waals surface area contributed by atoms with Gasteiger partial charge in [-0.25, -0.2) is 9.97 Å². The molecule has 1 aliphatic heterocycles. The predicted octanol–water partition coefficient (Wildman–Crippen LogP) is 3.78. The molecule has 1 fully saturated rings. The number of nitrogens with one attached hydrogen (secondary N) is 1. The molecule has 0 aliphatic carbocycles. The normalized spacial score (nSPS) is 17.9. The molecule has 0 amide bonds. The number of hydrogen-bond acceptors (Lipinski definition) is 4. The summed E-state index contributed by atoms with van der Waals surface area (Å²) in [4.78, 5) is 8.80. The van der Waals surface area contributed by atoms with Crippen LogP contribution < -0.4 is 5.32 Å². The van der Waals surface area contributed by atoms with E-state index in [4.69, 9.17) is 16.3 Å². The third-order valence-corrected chi connectivity index (χ3v) is 3.72. The fourth-order valence-electron chi connectivity index (χ4n) is 2.46. The van der Waals surface area contributed by atoms with Gasteiger partial charge in [-0.3, -0.25) is 0 Å². The van der Waals surface area contributed by atoms with Crippen molar-refractivity contribution in [1.29, 1.82) is 0 Å². The summed E-state index contributed by atoms with van der Waals surface area (Å²) in [6, 6.07) is 11.6. The van der Waals surface area contributed by atoms with Crippen LogP contribution in [0.5, 0.6) is 0 Å². The van der Waals surface area contributed by atoms with Gasteiger partial charge >= 0.3 is 0 Å². The highest BCUT2D eigenvalue weighted by Crippen LogP contribution is 2.20. The first-order chi connectivity index (χ1) is 10.3. The average molecular weight is 304 g/mol. The molecule has 1 unspecified atom stereocenters. The molecule has 2 aromatic rings. The van der Waals surface area contributed by atoms with E-state index in [9.17, 15) is 0 Å². The second kappa shape index (κ2) is 6.87. The molecule has 1 aromatic heterocycles. The van der Waals surface area contributed by atoms with Gasteiger partial charge in [-0.2, -0.15) is 0 Å². The van der Waals surface area contributed by atoms with Crippen molar-refractivity contribution >= 4 is 17.4 Å². The van der Waals surface area contributed by atoms with Crippen molar-refractivity contribution < 1.29 is 4.74 Å². The Morgan fingerprint density at radius 2 is 2.10 bits per heavy atom. The van der Waals surface area contributed by atoms with Crippen LogP contribution in [-0.2, 0) is 4.74 Å². The van der Waals surface area contributed by atoms with Crippen molar-refractivity contribution in [1.82, 2.24) is 9.97 Å². The molecule has 4 nitrogen and oxygen atoms in total. The molecule has 0 saturated carbocycles. The molecule has 3 rings (SSSR count). The van der Waals surface area contributed by atoms with E-state index in [0.717, 1.165) is 37.4 Å². The van der Waals surface area contributed by atoms with Gasteiger partial charge in [-0.1, -0.05) is 41.9 Å². The largest absolute Gasteiger partial charge is 0.378 e. The Kier molecular flexibility index (Phi) is 4.68. The number of aromatic nitrogens is 2. The van der Waals surface area contributed by atoms with Gasteiger partial charge in [0.25, 0.3) is 0 Å². The van der Waals surface area contributed by atoms with Crippen LogP contribution in [0.15, 0.2) is 36.4 Å². The van der Waals surface area contributed by atoms with Gasteiger partial charge in [-0.15, -0.1) is 0 Å². The van der Waals surface area contributed by atoms with Crippen molar-refractivity contribution in [2.45, 2.75) is 25.4 Å². The van der Waals surface area contributed by atoms with E-state index in [0.29, 0.717) is 17.1 Å². The van der Waals surface area contributed by atoms with Crippen LogP contribution in [-0.4, -0.2) is 29.2 Å². The van der Waals surface area contributed by atoms with Crippen LogP contribution in [0.1, 0.15) is 19.3 Å². The lowest BCUT2D eigenvalue weighted by molar-refractivity contribution is 0.107. The number of anilines is 1. The quantitative estimate of drug-likeness (QED) is 0.854. The summed E-state index contributed by atoms with van der Waals surface area (Å²) in [6.07, 6.45) is 3.69. The second-order valence-corrected chi connectivity index (χ2v) is 5.50. The maximum atomic E-state index is 6.09. The minimum absolute atomic E-state index is 0.378. The van der Waals surface area contributed by atoms with Crippen LogP contribution in [0.2, 0.25) is 5.15 Å². The smallest absolute Gasteiger partial charge is 0.163 e. The molecular formula is C16H18ClN3O. The Morgan fingerprint density at radius 3 is 2.86 bits per heavy atom. The minimum Gasteiger partial charge on any atom is -0.378 e. The highest BCUT2D eigenvalue weighted by molar-refractivity contribution is 6.29. The van der Waals surface area contributed by atoms with E-state index >= 15 is 0 Å².